The molecule has 2 N–H and O–H groups in total. The first-order valence-corrected chi connectivity index (χ1v) is 8.77. The zero-order valence-corrected chi connectivity index (χ0v) is 15.1. The number of nitrogens with zero attached hydrogens (tertiary/aromatic N) is 5. The predicted molar refractivity (Wildman–Crippen MR) is 101 cm³/mol. The first-order valence-electron chi connectivity index (χ1n) is 8.77. The van der Waals surface area contributed by atoms with Gasteiger partial charge in [0.2, 0.25) is 0 Å². The summed E-state index contributed by atoms with van der Waals surface area (Å²) < 4.78 is 7.45. The summed E-state index contributed by atoms with van der Waals surface area (Å²) in [5.41, 5.74) is 2.49. The Morgan fingerprint density at radius 1 is 1.26 bits per heavy atom. The molecule has 0 bridgehead atoms. The van der Waals surface area contributed by atoms with Crippen LogP contribution in [0.1, 0.15) is 19.4 Å². The van der Waals surface area contributed by atoms with Crippen LogP contribution in [0.4, 0.5) is 0 Å². The normalized spacial score (nSPS) is 11.4. The zero-order valence-electron chi connectivity index (χ0n) is 15.1. The van der Waals surface area contributed by atoms with Gasteiger partial charge in [-0.1, -0.05) is 0 Å². The summed E-state index contributed by atoms with van der Waals surface area (Å²) in [6, 6.07) is 7.56. The molecule has 3 heterocycles. The van der Waals surface area contributed by atoms with E-state index in [4.69, 9.17) is 9.84 Å². The van der Waals surface area contributed by atoms with E-state index in [9.17, 15) is 0 Å². The highest BCUT2D eigenvalue weighted by molar-refractivity contribution is 5.92. The third-order valence-electron chi connectivity index (χ3n) is 4.03. The number of rotatable bonds is 6. The Bertz CT molecular complexity index is 1070. The maximum atomic E-state index is 9.06. The average molecular weight is 364 g/mol. The van der Waals surface area contributed by atoms with Crippen molar-refractivity contribution in [3.05, 3.63) is 48.4 Å². The van der Waals surface area contributed by atoms with Gasteiger partial charge in [0.05, 0.1) is 17.8 Å². The lowest BCUT2D eigenvalue weighted by molar-refractivity contribution is 0.243. The van der Waals surface area contributed by atoms with Crippen LogP contribution in [0.25, 0.3) is 28.2 Å². The number of aliphatic hydroxyl groups excluding tert-OH is 1. The highest BCUT2D eigenvalue weighted by Gasteiger charge is 2.14. The predicted octanol–water partition coefficient (Wildman–Crippen LogP) is 2.53. The van der Waals surface area contributed by atoms with E-state index in [2.05, 4.69) is 25.3 Å². The van der Waals surface area contributed by atoms with Gasteiger partial charge in [0.15, 0.2) is 11.6 Å². The highest BCUT2D eigenvalue weighted by Crippen LogP contribution is 2.28. The number of ether oxygens (including phenoxy) is 1. The molecule has 138 valence electrons. The fourth-order valence-corrected chi connectivity index (χ4v) is 2.84. The van der Waals surface area contributed by atoms with Crippen molar-refractivity contribution in [3.8, 4) is 23.1 Å². The van der Waals surface area contributed by atoms with E-state index in [0.717, 1.165) is 22.2 Å². The molecule has 0 aliphatic rings. The van der Waals surface area contributed by atoms with Crippen LogP contribution in [-0.4, -0.2) is 47.8 Å². The molecule has 4 rings (SSSR count). The van der Waals surface area contributed by atoms with Crippen LogP contribution >= 0.6 is 0 Å². The SMILES string of the molecule is CC(C)Oc1ccc2[nH]nc(-c3nccc(-n4cc(CCO)cn4)n3)c2c1. The van der Waals surface area contributed by atoms with Crippen LogP contribution in [0.5, 0.6) is 5.75 Å². The molecule has 4 aromatic rings. The summed E-state index contributed by atoms with van der Waals surface area (Å²) in [6.45, 7) is 4.06. The summed E-state index contributed by atoms with van der Waals surface area (Å²) in [7, 11) is 0. The number of aliphatic hydroxyl groups is 1. The van der Waals surface area contributed by atoms with Crippen molar-refractivity contribution in [2.75, 3.05) is 6.61 Å². The van der Waals surface area contributed by atoms with Gasteiger partial charge >= 0.3 is 0 Å². The molecule has 0 saturated heterocycles. The Labute approximate surface area is 155 Å². The molecule has 3 aromatic heterocycles. The van der Waals surface area contributed by atoms with E-state index >= 15 is 0 Å². The molecule has 0 aliphatic carbocycles. The molecular formula is C19H20N6O2. The third-order valence-corrected chi connectivity index (χ3v) is 4.03. The van der Waals surface area contributed by atoms with Gasteiger partial charge in [-0.2, -0.15) is 10.2 Å². The van der Waals surface area contributed by atoms with Gasteiger partial charge in [-0.05, 0) is 44.0 Å². The van der Waals surface area contributed by atoms with Gasteiger partial charge in [0.1, 0.15) is 11.4 Å². The summed E-state index contributed by atoms with van der Waals surface area (Å²) in [4.78, 5) is 8.98. The number of fused-ring (bicyclic) bond motifs is 1. The molecule has 0 spiro atoms. The molecule has 0 amide bonds. The fraction of sp³-hybridized carbons (Fsp3) is 0.263. The molecule has 8 heteroatoms. The van der Waals surface area contributed by atoms with E-state index in [0.29, 0.717) is 23.8 Å². The van der Waals surface area contributed by atoms with E-state index < -0.39 is 0 Å². The lowest BCUT2D eigenvalue weighted by Crippen LogP contribution is -2.05. The van der Waals surface area contributed by atoms with Gasteiger partial charge in [-0.15, -0.1) is 0 Å². The zero-order chi connectivity index (χ0) is 18.8. The van der Waals surface area contributed by atoms with Crippen molar-refractivity contribution in [2.24, 2.45) is 0 Å². The number of hydrogen-bond acceptors (Lipinski definition) is 6. The number of benzene rings is 1. The Balaban J connectivity index is 1.72. The third kappa shape index (κ3) is 3.52. The van der Waals surface area contributed by atoms with E-state index in [1.807, 2.05) is 38.2 Å². The van der Waals surface area contributed by atoms with E-state index in [1.165, 1.54) is 0 Å². The van der Waals surface area contributed by atoms with Crippen LogP contribution in [0, 0.1) is 0 Å². The van der Waals surface area contributed by atoms with E-state index in [-0.39, 0.29) is 12.7 Å². The second kappa shape index (κ2) is 7.16. The number of nitrogens with one attached hydrogen (secondary N) is 1. The number of aromatic amines is 1. The van der Waals surface area contributed by atoms with Crippen LogP contribution in [-0.2, 0) is 6.42 Å². The van der Waals surface area contributed by atoms with Crippen molar-refractivity contribution < 1.29 is 9.84 Å². The number of H-pyrrole nitrogens is 1. The average Bonchev–Trinajstić information content (AvgIpc) is 3.28. The Kier molecular flexibility index (Phi) is 4.55. The molecule has 0 radical (unpaired) electrons. The summed E-state index contributed by atoms with van der Waals surface area (Å²) >= 11 is 0. The quantitative estimate of drug-likeness (QED) is 0.545. The van der Waals surface area contributed by atoms with Gasteiger partial charge in [0, 0.05) is 30.5 Å². The Morgan fingerprint density at radius 3 is 2.96 bits per heavy atom. The van der Waals surface area contributed by atoms with Crippen molar-refractivity contribution in [1.29, 1.82) is 0 Å². The van der Waals surface area contributed by atoms with Crippen molar-refractivity contribution in [3.63, 3.8) is 0 Å². The van der Waals surface area contributed by atoms with Crippen LogP contribution in [0.3, 0.4) is 0 Å². The molecule has 0 unspecified atom stereocenters. The van der Waals surface area contributed by atoms with E-state index in [1.54, 1.807) is 23.1 Å². The van der Waals surface area contributed by atoms with Crippen LogP contribution in [0.2, 0.25) is 0 Å². The number of aromatic nitrogens is 6. The first kappa shape index (κ1) is 17.2. The lowest BCUT2D eigenvalue weighted by atomic mass is 10.2. The Hall–Kier alpha value is -3.26. The molecular weight excluding hydrogens is 344 g/mol. The summed E-state index contributed by atoms with van der Waals surface area (Å²) in [5, 5.41) is 21.7. The molecule has 8 nitrogen and oxygen atoms in total. The van der Waals surface area contributed by atoms with Gasteiger partial charge in [0.25, 0.3) is 0 Å². The highest BCUT2D eigenvalue weighted by atomic mass is 16.5. The minimum absolute atomic E-state index is 0.0841. The maximum absolute atomic E-state index is 9.06. The largest absolute Gasteiger partial charge is 0.491 e. The summed E-state index contributed by atoms with van der Waals surface area (Å²) in [6.07, 6.45) is 5.89. The van der Waals surface area contributed by atoms with Crippen LogP contribution in [0.15, 0.2) is 42.9 Å². The minimum atomic E-state index is 0.0841. The van der Waals surface area contributed by atoms with Gasteiger partial charge < -0.3 is 9.84 Å². The fourth-order valence-electron chi connectivity index (χ4n) is 2.84. The van der Waals surface area contributed by atoms with Gasteiger partial charge in [-0.3, -0.25) is 5.10 Å². The minimum Gasteiger partial charge on any atom is -0.491 e. The lowest BCUT2D eigenvalue weighted by Gasteiger charge is -2.09. The number of hydrogen-bond donors (Lipinski definition) is 2. The second-order valence-corrected chi connectivity index (χ2v) is 6.45. The smallest absolute Gasteiger partial charge is 0.182 e. The molecule has 27 heavy (non-hydrogen) atoms. The summed E-state index contributed by atoms with van der Waals surface area (Å²) in [5.74, 6) is 1.91. The molecule has 1 aromatic carbocycles. The van der Waals surface area contributed by atoms with Crippen molar-refractivity contribution in [1.82, 2.24) is 29.9 Å². The van der Waals surface area contributed by atoms with Crippen LogP contribution < -0.4 is 4.74 Å². The second-order valence-electron chi connectivity index (χ2n) is 6.45. The Morgan fingerprint density at radius 2 is 2.15 bits per heavy atom. The monoisotopic (exact) mass is 364 g/mol. The van der Waals surface area contributed by atoms with Crippen molar-refractivity contribution in [2.45, 2.75) is 26.4 Å². The van der Waals surface area contributed by atoms with Crippen molar-refractivity contribution >= 4 is 10.9 Å². The molecule has 0 atom stereocenters. The molecule has 0 saturated carbocycles. The first-order chi connectivity index (χ1) is 13.1. The maximum Gasteiger partial charge on any atom is 0.182 e. The standard InChI is InChI=1S/C19H20N6O2/c1-12(2)27-14-3-4-16-15(9-14)18(24-23-16)19-20-7-5-17(22-19)25-11-13(6-8-26)10-21-25/h3-5,7,9-12,26H,6,8H2,1-2H3,(H,23,24). The van der Waals surface area contributed by atoms with Gasteiger partial charge in [-0.25, -0.2) is 14.6 Å². The topological polar surface area (TPSA) is 102 Å². The molecule has 0 aliphatic heterocycles. The molecule has 0 fully saturated rings.